The largest absolute Gasteiger partial charge is 0.384 e. The summed E-state index contributed by atoms with van der Waals surface area (Å²) in [4.78, 5) is 0. The predicted molar refractivity (Wildman–Crippen MR) is 56.1 cm³/mol. The summed E-state index contributed by atoms with van der Waals surface area (Å²) >= 11 is 0. The molecule has 0 radical (unpaired) electrons. The van der Waals surface area contributed by atoms with Gasteiger partial charge in [-0.3, -0.25) is 0 Å². The molecule has 0 bridgehead atoms. The van der Waals surface area contributed by atoms with Gasteiger partial charge in [-0.25, -0.2) is 0 Å². The lowest BCUT2D eigenvalue weighted by atomic mass is 10.2. The van der Waals surface area contributed by atoms with Gasteiger partial charge in [0.05, 0.1) is 13.2 Å². The van der Waals surface area contributed by atoms with Crippen LogP contribution in [0.5, 0.6) is 0 Å². The Hall–Kier alpha value is -1.16. The highest BCUT2D eigenvalue weighted by atomic mass is 16.7. The van der Waals surface area contributed by atoms with Gasteiger partial charge in [0.1, 0.15) is 6.10 Å². The Morgan fingerprint density at radius 1 is 1.33 bits per heavy atom. The molecule has 0 fully saturated rings. The highest BCUT2D eigenvalue weighted by molar-refractivity contribution is 5.13. The summed E-state index contributed by atoms with van der Waals surface area (Å²) in [5, 5.41) is 9.51. The van der Waals surface area contributed by atoms with Crippen molar-refractivity contribution in [3.8, 4) is 0 Å². The van der Waals surface area contributed by atoms with Crippen molar-refractivity contribution in [2.24, 2.45) is 0 Å². The fraction of sp³-hybridized carbons (Fsp3) is 0.333. The van der Waals surface area contributed by atoms with Crippen LogP contribution in [-0.4, -0.2) is 24.1 Å². The van der Waals surface area contributed by atoms with Crippen LogP contribution >= 0.6 is 0 Å². The van der Waals surface area contributed by atoms with E-state index in [1.807, 2.05) is 30.3 Å². The molecule has 0 amide bonds. The molecule has 1 aliphatic heterocycles. The SMILES string of the molecule is O[C@H]1C=CCO[C@@H]1OCc1ccccc1. The third-order valence-electron chi connectivity index (χ3n) is 2.23. The topological polar surface area (TPSA) is 38.7 Å². The summed E-state index contributed by atoms with van der Waals surface area (Å²) in [7, 11) is 0. The Bertz CT molecular complexity index is 321. The maximum Gasteiger partial charge on any atom is 0.187 e. The van der Waals surface area contributed by atoms with Crippen molar-refractivity contribution in [2.75, 3.05) is 6.61 Å². The van der Waals surface area contributed by atoms with Gasteiger partial charge in [-0.15, -0.1) is 0 Å². The second kappa shape index (κ2) is 5.07. The van der Waals surface area contributed by atoms with Gasteiger partial charge in [-0.05, 0) is 5.56 Å². The molecular weight excluding hydrogens is 192 g/mol. The van der Waals surface area contributed by atoms with Crippen LogP contribution in [0, 0.1) is 0 Å². The van der Waals surface area contributed by atoms with E-state index in [2.05, 4.69) is 0 Å². The number of aliphatic hydroxyl groups excluding tert-OH is 1. The molecule has 0 saturated carbocycles. The standard InChI is InChI=1S/C12H14O3/c13-11-7-4-8-14-12(11)15-9-10-5-2-1-3-6-10/h1-7,11-13H,8-9H2/t11-,12+/m0/s1. The molecule has 80 valence electrons. The zero-order valence-corrected chi connectivity index (χ0v) is 8.37. The molecule has 0 spiro atoms. The van der Waals surface area contributed by atoms with Crippen molar-refractivity contribution in [3.05, 3.63) is 48.0 Å². The minimum Gasteiger partial charge on any atom is -0.384 e. The zero-order valence-electron chi connectivity index (χ0n) is 8.37. The van der Waals surface area contributed by atoms with E-state index in [1.165, 1.54) is 0 Å². The van der Waals surface area contributed by atoms with Gasteiger partial charge in [-0.1, -0.05) is 42.5 Å². The van der Waals surface area contributed by atoms with Gasteiger partial charge in [0.25, 0.3) is 0 Å². The molecule has 0 aliphatic carbocycles. The summed E-state index contributed by atoms with van der Waals surface area (Å²) < 4.78 is 10.7. The van der Waals surface area contributed by atoms with Crippen molar-refractivity contribution in [3.63, 3.8) is 0 Å². The Kier molecular flexibility index (Phi) is 3.50. The summed E-state index contributed by atoms with van der Waals surface area (Å²) in [5.41, 5.74) is 1.07. The third-order valence-corrected chi connectivity index (χ3v) is 2.23. The third kappa shape index (κ3) is 2.89. The van der Waals surface area contributed by atoms with Gasteiger partial charge in [0, 0.05) is 0 Å². The molecule has 1 aromatic rings. The van der Waals surface area contributed by atoms with E-state index in [-0.39, 0.29) is 0 Å². The lowest BCUT2D eigenvalue weighted by Gasteiger charge is -2.24. The molecule has 15 heavy (non-hydrogen) atoms. The molecule has 1 N–H and O–H groups in total. The van der Waals surface area contributed by atoms with Crippen molar-refractivity contribution >= 4 is 0 Å². The van der Waals surface area contributed by atoms with E-state index in [4.69, 9.17) is 9.47 Å². The maximum absolute atomic E-state index is 9.51. The van der Waals surface area contributed by atoms with Crippen LogP contribution in [0.15, 0.2) is 42.5 Å². The number of hydrogen-bond acceptors (Lipinski definition) is 3. The summed E-state index contributed by atoms with van der Waals surface area (Å²) in [6.07, 6.45) is 2.27. The minimum absolute atomic E-state index is 0.455. The van der Waals surface area contributed by atoms with E-state index < -0.39 is 12.4 Å². The number of rotatable bonds is 3. The van der Waals surface area contributed by atoms with E-state index in [0.717, 1.165) is 5.56 Å². The molecule has 2 atom stereocenters. The van der Waals surface area contributed by atoms with Crippen LogP contribution < -0.4 is 0 Å². The van der Waals surface area contributed by atoms with Crippen molar-refractivity contribution in [2.45, 2.75) is 19.0 Å². The fourth-order valence-corrected chi connectivity index (χ4v) is 1.43. The first-order valence-corrected chi connectivity index (χ1v) is 4.98. The molecule has 0 unspecified atom stereocenters. The molecule has 3 heteroatoms. The Balaban J connectivity index is 1.85. The van der Waals surface area contributed by atoms with Crippen LogP contribution in [0.3, 0.4) is 0 Å². The molecule has 1 heterocycles. The van der Waals surface area contributed by atoms with Gasteiger partial charge in [0.15, 0.2) is 6.29 Å². The zero-order chi connectivity index (χ0) is 10.5. The van der Waals surface area contributed by atoms with E-state index in [0.29, 0.717) is 13.2 Å². The second-order valence-corrected chi connectivity index (χ2v) is 3.42. The monoisotopic (exact) mass is 206 g/mol. The molecule has 0 aromatic heterocycles. The molecule has 1 aliphatic rings. The highest BCUT2D eigenvalue weighted by Crippen LogP contribution is 2.11. The van der Waals surface area contributed by atoms with Crippen molar-refractivity contribution in [1.82, 2.24) is 0 Å². The number of hydrogen-bond donors (Lipinski definition) is 1. The number of benzene rings is 1. The number of ether oxygens (including phenoxy) is 2. The quantitative estimate of drug-likeness (QED) is 0.761. The maximum atomic E-state index is 9.51. The summed E-state index contributed by atoms with van der Waals surface area (Å²) in [6, 6.07) is 9.82. The molecule has 1 aromatic carbocycles. The van der Waals surface area contributed by atoms with Crippen LogP contribution in [0.1, 0.15) is 5.56 Å². The first kappa shape index (κ1) is 10.4. The first-order valence-electron chi connectivity index (χ1n) is 4.98. The smallest absolute Gasteiger partial charge is 0.187 e. The first-order chi connectivity index (χ1) is 7.36. The summed E-state index contributed by atoms with van der Waals surface area (Å²) in [6.45, 7) is 0.951. The minimum atomic E-state index is -0.664. The molecule has 2 rings (SSSR count). The van der Waals surface area contributed by atoms with Crippen molar-refractivity contribution in [1.29, 1.82) is 0 Å². The van der Waals surface area contributed by atoms with Crippen LogP contribution in [-0.2, 0) is 16.1 Å². The van der Waals surface area contributed by atoms with Crippen LogP contribution in [0.4, 0.5) is 0 Å². The van der Waals surface area contributed by atoms with Gasteiger partial charge >= 0.3 is 0 Å². The number of aliphatic hydroxyl groups is 1. The Morgan fingerprint density at radius 2 is 2.13 bits per heavy atom. The fourth-order valence-electron chi connectivity index (χ4n) is 1.43. The van der Waals surface area contributed by atoms with Crippen LogP contribution in [0.25, 0.3) is 0 Å². The molecule has 0 saturated heterocycles. The van der Waals surface area contributed by atoms with E-state index in [1.54, 1.807) is 12.2 Å². The van der Waals surface area contributed by atoms with E-state index >= 15 is 0 Å². The van der Waals surface area contributed by atoms with Gasteiger partial charge in [0.2, 0.25) is 0 Å². The van der Waals surface area contributed by atoms with Gasteiger partial charge in [-0.2, -0.15) is 0 Å². The predicted octanol–water partition coefficient (Wildman–Crippen LogP) is 1.48. The highest BCUT2D eigenvalue weighted by Gasteiger charge is 2.20. The van der Waals surface area contributed by atoms with Gasteiger partial charge < -0.3 is 14.6 Å². The van der Waals surface area contributed by atoms with E-state index in [9.17, 15) is 5.11 Å². The molecule has 3 nitrogen and oxygen atoms in total. The Morgan fingerprint density at radius 3 is 2.87 bits per heavy atom. The lowest BCUT2D eigenvalue weighted by Crippen LogP contribution is -2.33. The average Bonchev–Trinajstić information content (AvgIpc) is 2.29. The Labute approximate surface area is 88.9 Å². The molecular formula is C12H14O3. The van der Waals surface area contributed by atoms with Crippen molar-refractivity contribution < 1.29 is 14.6 Å². The normalized spacial score (nSPS) is 25.4. The average molecular weight is 206 g/mol. The second-order valence-electron chi connectivity index (χ2n) is 3.42. The lowest BCUT2D eigenvalue weighted by molar-refractivity contribution is -0.188. The summed E-state index contributed by atoms with van der Waals surface area (Å²) in [5.74, 6) is 0. The van der Waals surface area contributed by atoms with Crippen LogP contribution in [0.2, 0.25) is 0 Å².